The van der Waals surface area contributed by atoms with E-state index in [1.54, 1.807) is 11.3 Å². The van der Waals surface area contributed by atoms with Gasteiger partial charge in [0.1, 0.15) is 5.82 Å². The average molecular weight is 302 g/mol. The molecule has 21 heavy (non-hydrogen) atoms. The molecule has 5 nitrogen and oxygen atoms in total. The van der Waals surface area contributed by atoms with Crippen molar-refractivity contribution in [1.82, 2.24) is 19.9 Å². The minimum Gasteiger partial charge on any atom is -0.310 e. The Kier molecular flexibility index (Phi) is 3.15. The number of hydrogen-bond acceptors (Lipinski definition) is 5. The zero-order valence-corrected chi connectivity index (χ0v) is 12.9. The molecular formula is C15H18N4OS. The Bertz CT molecular complexity index is 732. The topological polar surface area (TPSA) is 61.9 Å². The third kappa shape index (κ3) is 2.53. The summed E-state index contributed by atoms with van der Waals surface area (Å²) < 4.78 is 0. The molecule has 0 radical (unpaired) electrons. The summed E-state index contributed by atoms with van der Waals surface area (Å²) in [7, 11) is 0. The molecule has 2 aromatic rings. The van der Waals surface area contributed by atoms with Crippen molar-refractivity contribution in [3.8, 4) is 0 Å². The van der Waals surface area contributed by atoms with Crippen molar-refractivity contribution in [2.75, 3.05) is 6.54 Å². The predicted octanol–water partition coefficient (Wildman–Crippen LogP) is 1.97. The number of aromatic nitrogens is 3. The second kappa shape index (κ2) is 5.03. The fourth-order valence-corrected chi connectivity index (χ4v) is 3.70. The Hall–Kier alpha value is -1.53. The summed E-state index contributed by atoms with van der Waals surface area (Å²) in [5.41, 5.74) is 4.96. The zero-order chi connectivity index (χ0) is 14.4. The van der Waals surface area contributed by atoms with E-state index in [-0.39, 0.29) is 5.56 Å². The van der Waals surface area contributed by atoms with E-state index in [1.165, 1.54) is 4.88 Å². The lowest BCUT2D eigenvalue weighted by molar-refractivity contribution is 0.241. The fraction of sp³-hybridized carbons (Fsp3) is 0.533. The van der Waals surface area contributed by atoms with Gasteiger partial charge >= 0.3 is 0 Å². The molecule has 1 fully saturated rings. The van der Waals surface area contributed by atoms with Crippen molar-refractivity contribution in [2.24, 2.45) is 0 Å². The van der Waals surface area contributed by atoms with Crippen molar-refractivity contribution in [1.29, 1.82) is 0 Å². The monoisotopic (exact) mass is 302 g/mol. The van der Waals surface area contributed by atoms with Gasteiger partial charge in [-0.2, -0.15) is 0 Å². The molecule has 4 rings (SSSR count). The van der Waals surface area contributed by atoms with E-state index in [9.17, 15) is 4.79 Å². The van der Waals surface area contributed by atoms with Crippen molar-refractivity contribution < 1.29 is 0 Å². The number of fused-ring (bicyclic) bond motifs is 1. The van der Waals surface area contributed by atoms with Gasteiger partial charge in [0.05, 0.1) is 16.9 Å². The molecule has 110 valence electrons. The van der Waals surface area contributed by atoms with Crippen LogP contribution in [0.3, 0.4) is 0 Å². The maximum Gasteiger partial charge on any atom is 0.254 e. The molecule has 6 heteroatoms. The van der Waals surface area contributed by atoms with E-state index in [0.717, 1.165) is 61.7 Å². The predicted molar refractivity (Wildman–Crippen MR) is 81.5 cm³/mol. The summed E-state index contributed by atoms with van der Waals surface area (Å²) in [6, 6.07) is 0. The highest BCUT2D eigenvalue weighted by Gasteiger charge is 2.29. The Morgan fingerprint density at radius 1 is 1.48 bits per heavy atom. The number of hydrogen-bond donors (Lipinski definition) is 1. The van der Waals surface area contributed by atoms with Crippen molar-refractivity contribution in [3.63, 3.8) is 0 Å². The van der Waals surface area contributed by atoms with E-state index >= 15 is 0 Å². The van der Waals surface area contributed by atoms with Crippen LogP contribution < -0.4 is 5.56 Å². The standard InChI is InChI=1S/C15H18N4OS/c1-9-13(21-8-16-9)7-19-5-4-11-12(6-19)17-14(10-2-3-10)18-15(11)20/h8,10H,2-7H2,1H3,(H,17,18,20). The molecule has 2 aliphatic rings. The number of nitrogens with one attached hydrogen (secondary N) is 1. The highest BCUT2D eigenvalue weighted by atomic mass is 32.1. The number of aromatic amines is 1. The van der Waals surface area contributed by atoms with Gasteiger partial charge in [0, 0.05) is 36.0 Å². The first kappa shape index (κ1) is 13.2. The fourth-order valence-electron chi connectivity index (χ4n) is 2.88. The molecule has 1 aliphatic heterocycles. The van der Waals surface area contributed by atoms with Gasteiger partial charge in [-0.05, 0) is 26.2 Å². The molecule has 1 saturated carbocycles. The summed E-state index contributed by atoms with van der Waals surface area (Å²) in [5, 5.41) is 0. The third-order valence-corrected chi connectivity index (χ3v) is 5.27. The van der Waals surface area contributed by atoms with Gasteiger partial charge in [0.2, 0.25) is 0 Å². The van der Waals surface area contributed by atoms with Crippen LogP contribution in [0.25, 0.3) is 0 Å². The molecule has 0 bridgehead atoms. The molecule has 0 atom stereocenters. The number of aryl methyl sites for hydroxylation is 1. The lowest BCUT2D eigenvalue weighted by Crippen LogP contribution is -2.35. The Morgan fingerprint density at radius 2 is 2.33 bits per heavy atom. The Labute approximate surface area is 127 Å². The van der Waals surface area contributed by atoms with E-state index in [4.69, 9.17) is 4.98 Å². The van der Waals surface area contributed by atoms with E-state index < -0.39 is 0 Å². The summed E-state index contributed by atoms with van der Waals surface area (Å²) in [5.74, 6) is 1.39. The van der Waals surface area contributed by atoms with Crippen LogP contribution in [0.15, 0.2) is 10.3 Å². The molecule has 0 aromatic carbocycles. The highest BCUT2D eigenvalue weighted by Crippen LogP contribution is 2.37. The molecule has 0 amide bonds. The number of rotatable bonds is 3. The number of nitrogens with zero attached hydrogens (tertiary/aromatic N) is 3. The van der Waals surface area contributed by atoms with Crippen LogP contribution in [0.5, 0.6) is 0 Å². The zero-order valence-electron chi connectivity index (χ0n) is 12.1. The van der Waals surface area contributed by atoms with Crippen molar-refractivity contribution in [2.45, 2.75) is 45.2 Å². The second-order valence-electron chi connectivity index (χ2n) is 5.97. The van der Waals surface area contributed by atoms with Crippen LogP contribution in [0.2, 0.25) is 0 Å². The first-order chi connectivity index (χ1) is 10.2. The quantitative estimate of drug-likeness (QED) is 0.941. The summed E-state index contributed by atoms with van der Waals surface area (Å²) in [6.07, 6.45) is 3.11. The molecule has 0 saturated heterocycles. The smallest absolute Gasteiger partial charge is 0.254 e. The van der Waals surface area contributed by atoms with Crippen LogP contribution in [0.4, 0.5) is 0 Å². The van der Waals surface area contributed by atoms with E-state index in [2.05, 4.69) is 21.8 Å². The first-order valence-corrected chi connectivity index (χ1v) is 8.32. The molecule has 0 unspecified atom stereocenters. The maximum atomic E-state index is 12.2. The van der Waals surface area contributed by atoms with Gasteiger partial charge in [-0.25, -0.2) is 9.97 Å². The van der Waals surface area contributed by atoms with Gasteiger partial charge < -0.3 is 4.98 Å². The van der Waals surface area contributed by atoms with Gasteiger partial charge in [-0.3, -0.25) is 9.69 Å². The molecule has 1 N–H and O–H groups in total. The van der Waals surface area contributed by atoms with Gasteiger partial charge in [-0.1, -0.05) is 0 Å². The molecule has 3 heterocycles. The van der Waals surface area contributed by atoms with Crippen LogP contribution >= 0.6 is 11.3 Å². The highest BCUT2D eigenvalue weighted by molar-refractivity contribution is 7.09. The molecule has 0 spiro atoms. The van der Waals surface area contributed by atoms with Crippen LogP contribution in [0.1, 0.15) is 46.4 Å². The number of thiazole rings is 1. The summed E-state index contributed by atoms with van der Waals surface area (Å²) in [6.45, 7) is 4.65. The Morgan fingerprint density at radius 3 is 3.05 bits per heavy atom. The van der Waals surface area contributed by atoms with Gasteiger partial charge in [-0.15, -0.1) is 11.3 Å². The molecule has 1 aliphatic carbocycles. The van der Waals surface area contributed by atoms with E-state index in [0.29, 0.717) is 5.92 Å². The van der Waals surface area contributed by atoms with Crippen molar-refractivity contribution in [3.05, 3.63) is 43.5 Å². The largest absolute Gasteiger partial charge is 0.310 e. The SMILES string of the molecule is Cc1ncsc1CN1CCc2c(nc(C3CC3)[nH]c2=O)C1. The Balaban J connectivity index is 1.59. The first-order valence-electron chi connectivity index (χ1n) is 7.44. The average Bonchev–Trinajstić information content (AvgIpc) is 3.24. The van der Waals surface area contributed by atoms with Gasteiger partial charge in [0.15, 0.2) is 0 Å². The normalized spacial score (nSPS) is 18.7. The minimum atomic E-state index is 0.0792. The summed E-state index contributed by atoms with van der Waals surface area (Å²) in [4.78, 5) is 27.9. The maximum absolute atomic E-state index is 12.2. The van der Waals surface area contributed by atoms with Crippen LogP contribution in [-0.2, 0) is 19.5 Å². The second-order valence-corrected chi connectivity index (χ2v) is 6.91. The third-order valence-electron chi connectivity index (χ3n) is 4.35. The minimum absolute atomic E-state index is 0.0792. The van der Waals surface area contributed by atoms with Crippen LogP contribution in [0, 0.1) is 6.92 Å². The summed E-state index contributed by atoms with van der Waals surface area (Å²) >= 11 is 1.70. The lowest BCUT2D eigenvalue weighted by Gasteiger charge is -2.27. The molecule has 2 aromatic heterocycles. The van der Waals surface area contributed by atoms with Crippen LogP contribution in [-0.4, -0.2) is 26.4 Å². The molecular weight excluding hydrogens is 284 g/mol. The van der Waals surface area contributed by atoms with Gasteiger partial charge in [0.25, 0.3) is 5.56 Å². The number of H-pyrrole nitrogens is 1. The lowest BCUT2D eigenvalue weighted by atomic mass is 10.1. The van der Waals surface area contributed by atoms with Crippen molar-refractivity contribution >= 4 is 11.3 Å². The van der Waals surface area contributed by atoms with E-state index in [1.807, 2.05) is 5.51 Å².